The number of aliphatic carboxylic acids is 1. The second kappa shape index (κ2) is 9.30. The maximum atomic E-state index is 11.8. The van der Waals surface area contributed by atoms with Crippen molar-refractivity contribution in [2.24, 2.45) is 5.73 Å². The van der Waals surface area contributed by atoms with Gasteiger partial charge in [0.1, 0.15) is 5.84 Å². The second-order valence-corrected chi connectivity index (χ2v) is 5.99. The van der Waals surface area contributed by atoms with Crippen molar-refractivity contribution < 1.29 is 19.4 Å². The summed E-state index contributed by atoms with van der Waals surface area (Å²) < 4.78 is 11.0. The molecule has 1 atom stereocenters. The number of hydrogen-bond acceptors (Lipinski definition) is 5. The Hall–Kier alpha value is -2.45. The van der Waals surface area contributed by atoms with Gasteiger partial charge in [-0.05, 0) is 36.4 Å². The minimum Gasteiger partial charge on any atom is -0.493 e. The Morgan fingerprint density at radius 3 is 2.19 bits per heavy atom. The van der Waals surface area contributed by atoms with Gasteiger partial charge in [0.05, 0.1) is 14.2 Å². The Kier molecular flexibility index (Phi) is 7.73. The first-order valence-electron chi connectivity index (χ1n) is 7.22. The van der Waals surface area contributed by atoms with Crippen molar-refractivity contribution in [3.05, 3.63) is 52.0 Å². The van der Waals surface area contributed by atoms with Crippen molar-refractivity contribution in [2.75, 3.05) is 19.5 Å². The summed E-state index contributed by atoms with van der Waals surface area (Å²) in [7, 11) is 2.99. The average molecular weight is 445 g/mol. The lowest BCUT2D eigenvalue weighted by Gasteiger charge is -2.19. The van der Waals surface area contributed by atoms with Crippen molar-refractivity contribution in [1.82, 2.24) is 0 Å². The zero-order valence-corrected chi connectivity index (χ0v) is 16.5. The van der Waals surface area contributed by atoms with E-state index in [1.54, 1.807) is 36.4 Å². The van der Waals surface area contributed by atoms with Crippen LogP contribution < -0.4 is 20.5 Å². The average Bonchev–Trinajstić information content (AvgIpc) is 2.59. The molecule has 9 heteroatoms. The summed E-state index contributed by atoms with van der Waals surface area (Å²) in [6, 6.07) is 8.88. The van der Waals surface area contributed by atoms with Crippen LogP contribution in [0.5, 0.6) is 11.5 Å². The molecular weight excluding hydrogens is 426 g/mol. The van der Waals surface area contributed by atoms with E-state index in [0.29, 0.717) is 32.8 Å². The molecule has 0 amide bonds. The second-order valence-electron chi connectivity index (χ2n) is 5.14. The Balaban J connectivity index is 0.00000338. The molecule has 0 saturated heterocycles. The van der Waals surface area contributed by atoms with Crippen LogP contribution in [0.3, 0.4) is 0 Å². The number of nitrogens with one attached hydrogen (secondary N) is 2. The van der Waals surface area contributed by atoms with Gasteiger partial charge in [-0.15, -0.1) is 12.4 Å². The van der Waals surface area contributed by atoms with Crippen LogP contribution in [0.1, 0.15) is 17.2 Å². The molecule has 2 aromatic rings. The summed E-state index contributed by atoms with van der Waals surface area (Å²) in [6.07, 6.45) is 0. The standard InChI is InChI=1S/C17H18BrN3O4.ClH/c1-24-13-7-11(12(18)8-14(13)25-2)15(17(22)23)21-10-5-3-9(4-6-10)16(19)20;/h3-8,15,21H,1-2H3,(H3,19,20)(H,22,23);1H. The number of benzene rings is 2. The van der Waals surface area contributed by atoms with E-state index in [2.05, 4.69) is 21.2 Å². The van der Waals surface area contributed by atoms with Crippen LogP contribution >= 0.6 is 28.3 Å². The first-order chi connectivity index (χ1) is 11.9. The smallest absolute Gasteiger partial charge is 0.330 e. The number of hydrogen-bond donors (Lipinski definition) is 4. The lowest BCUT2D eigenvalue weighted by atomic mass is 10.1. The van der Waals surface area contributed by atoms with Crippen LogP contribution in [0.4, 0.5) is 5.69 Å². The highest BCUT2D eigenvalue weighted by Crippen LogP contribution is 2.37. The van der Waals surface area contributed by atoms with Crippen LogP contribution in [0.2, 0.25) is 0 Å². The molecule has 0 aromatic heterocycles. The molecule has 2 rings (SSSR count). The largest absolute Gasteiger partial charge is 0.493 e. The van der Waals surface area contributed by atoms with E-state index < -0.39 is 12.0 Å². The summed E-state index contributed by atoms with van der Waals surface area (Å²) in [5.41, 5.74) is 7.05. The molecule has 0 aliphatic rings. The van der Waals surface area contributed by atoms with E-state index in [1.165, 1.54) is 14.2 Å². The molecule has 2 aromatic carbocycles. The van der Waals surface area contributed by atoms with E-state index in [4.69, 9.17) is 20.6 Å². The molecule has 0 heterocycles. The quantitative estimate of drug-likeness (QED) is 0.384. The van der Waals surface area contributed by atoms with Gasteiger partial charge in [0.15, 0.2) is 17.5 Å². The predicted octanol–water partition coefficient (Wildman–Crippen LogP) is 3.41. The Labute approximate surface area is 165 Å². The topological polar surface area (TPSA) is 118 Å². The number of anilines is 1. The number of halogens is 2. The normalized spacial score (nSPS) is 11.0. The molecule has 0 radical (unpaired) electrons. The maximum absolute atomic E-state index is 11.8. The van der Waals surface area contributed by atoms with Gasteiger partial charge in [-0.3, -0.25) is 5.41 Å². The predicted molar refractivity (Wildman–Crippen MR) is 106 cm³/mol. The zero-order valence-electron chi connectivity index (χ0n) is 14.1. The highest BCUT2D eigenvalue weighted by atomic mass is 79.9. The highest BCUT2D eigenvalue weighted by molar-refractivity contribution is 9.10. The van der Waals surface area contributed by atoms with Crippen LogP contribution in [-0.2, 0) is 4.79 Å². The monoisotopic (exact) mass is 443 g/mol. The molecule has 0 spiro atoms. The molecule has 0 aliphatic heterocycles. The van der Waals surface area contributed by atoms with Crippen molar-refractivity contribution in [3.63, 3.8) is 0 Å². The molecule has 1 unspecified atom stereocenters. The molecule has 0 aliphatic carbocycles. The van der Waals surface area contributed by atoms with E-state index in [0.717, 1.165) is 0 Å². The van der Waals surface area contributed by atoms with Gasteiger partial charge in [0, 0.05) is 21.3 Å². The minimum absolute atomic E-state index is 0. The molecule has 0 fully saturated rings. The van der Waals surface area contributed by atoms with Crippen molar-refractivity contribution in [2.45, 2.75) is 6.04 Å². The summed E-state index contributed by atoms with van der Waals surface area (Å²) >= 11 is 3.38. The Morgan fingerprint density at radius 2 is 1.73 bits per heavy atom. The summed E-state index contributed by atoms with van der Waals surface area (Å²) in [4.78, 5) is 11.8. The first kappa shape index (κ1) is 21.6. The van der Waals surface area contributed by atoms with E-state index in [-0.39, 0.29) is 18.2 Å². The maximum Gasteiger partial charge on any atom is 0.330 e. The van der Waals surface area contributed by atoms with E-state index in [9.17, 15) is 9.90 Å². The molecule has 0 saturated carbocycles. The van der Waals surface area contributed by atoms with Crippen molar-refractivity contribution in [1.29, 1.82) is 5.41 Å². The third-order valence-electron chi connectivity index (χ3n) is 3.57. The van der Waals surface area contributed by atoms with Crippen LogP contribution in [0.15, 0.2) is 40.9 Å². The van der Waals surface area contributed by atoms with E-state index in [1.807, 2.05) is 0 Å². The fourth-order valence-electron chi connectivity index (χ4n) is 2.28. The zero-order chi connectivity index (χ0) is 18.6. The van der Waals surface area contributed by atoms with Gasteiger partial charge in [-0.1, -0.05) is 15.9 Å². The number of amidine groups is 1. The third-order valence-corrected chi connectivity index (χ3v) is 4.25. The number of methoxy groups -OCH3 is 2. The van der Waals surface area contributed by atoms with Gasteiger partial charge >= 0.3 is 5.97 Å². The van der Waals surface area contributed by atoms with Crippen LogP contribution in [-0.4, -0.2) is 31.1 Å². The number of nitrogens with two attached hydrogens (primary N) is 1. The van der Waals surface area contributed by atoms with Gasteiger partial charge < -0.3 is 25.6 Å². The number of carboxylic acids is 1. The third kappa shape index (κ3) is 4.80. The van der Waals surface area contributed by atoms with Gasteiger partial charge in [0.2, 0.25) is 0 Å². The first-order valence-corrected chi connectivity index (χ1v) is 8.02. The van der Waals surface area contributed by atoms with Gasteiger partial charge in [-0.2, -0.15) is 0 Å². The summed E-state index contributed by atoms with van der Waals surface area (Å²) in [5, 5.41) is 20.0. The minimum atomic E-state index is -1.05. The van der Waals surface area contributed by atoms with Crippen molar-refractivity contribution in [3.8, 4) is 11.5 Å². The number of carboxylic acid groups (broad SMARTS) is 1. The van der Waals surface area contributed by atoms with Gasteiger partial charge in [0.25, 0.3) is 0 Å². The van der Waals surface area contributed by atoms with Crippen LogP contribution in [0, 0.1) is 5.41 Å². The molecule has 0 bridgehead atoms. The fraction of sp³-hybridized carbons (Fsp3) is 0.176. The summed E-state index contributed by atoms with van der Waals surface area (Å²) in [6.45, 7) is 0. The SMILES string of the molecule is COc1cc(Br)c(C(Nc2ccc(C(=N)N)cc2)C(=O)O)cc1OC.Cl. The number of carbonyl (C=O) groups is 1. The highest BCUT2D eigenvalue weighted by Gasteiger charge is 2.24. The van der Waals surface area contributed by atoms with Gasteiger partial charge in [-0.25, -0.2) is 4.79 Å². The fourth-order valence-corrected chi connectivity index (χ4v) is 2.83. The number of ether oxygens (including phenoxy) is 2. The lowest BCUT2D eigenvalue weighted by Crippen LogP contribution is -2.21. The van der Waals surface area contributed by atoms with E-state index >= 15 is 0 Å². The molecular formula is C17H19BrClN3O4. The molecule has 140 valence electrons. The molecule has 26 heavy (non-hydrogen) atoms. The molecule has 5 N–H and O–H groups in total. The number of rotatable bonds is 7. The Morgan fingerprint density at radius 1 is 1.19 bits per heavy atom. The number of nitrogen functional groups attached to an aromatic ring is 1. The summed E-state index contributed by atoms with van der Waals surface area (Å²) in [5.74, 6) is -0.179. The Bertz CT molecular complexity index is 799. The van der Waals surface area contributed by atoms with Crippen LogP contribution in [0.25, 0.3) is 0 Å². The van der Waals surface area contributed by atoms with Crippen molar-refractivity contribution >= 4 is 45.8 Å². The lowest BCUT2D eigenvalue weighted by molar-refractivity contribution is -0.138. The molecule has 7 nitrogen and oxygen atoms in total.